The fourth-order valence-electron chi connectivity index (χ4n) is 4.29. The molecule has 0 radical (unpaired) electrons. The van der Waals surface area contributed by atoms with Gasteiger partial charge in [-0.15, -0.1) is 0 Å². The summed E-state index contributed by atoms with van der Waals surface area (Å²) in [7, 11) is 0. The fourth-order valence-corrected chi connectivity index (χ4v) is 4.29. The van der Waals surface area contributed by atoms with Crippen LogP contribution in [0.2, 0.25) is 0 Å². The van der Waals surface area contributed by atoms with Crippen LogP contribution >= 0.6 is 0 Å². The maximum Gasteiger partial charge on any atom is 0.259 e. The van der Waals surface area contributed by atoms with Crippen LogP contribution in [0.5, 0.6) is 11.6 Å². The third kappa shape index (κ3) is 4.89. The first-order chi connectivity index (χ1) is 16.7. The Kier molecular flexibility index (Phi) is 6.44. The van der Waals surface area contributed by atoms with Crippen LogP contribution in [-0.2, 0) is 11.2 Å². The van der Waals surface area contributed by atoms with Gasteiger partial charge in [-0.2, -0.15) is 0 Å². The van der Waals surface area contributed by atoms with Gasteiger partial charge in [0.25, 0.3) is 5.91 Å². The molecule has 1 aliphatic heterocycles. The number of aromatic nitrogens is 3. The molecule has 0 N–H and O–H groups in total. The van der Waals surface area contributed by atoms with Crippen LogP contribution in [0.25, 0.3) is 10.8 Å². The molecule has 7 heteroatoms. The first kappa shape index (κ1) is 22.0. The van der Waals surface area contributed by atoms with E-state index >= 15 is 0 Å². The highest BCUT2D eigenvalue weighted by Gasteiger charge is 2.26. The van der Waals surface area contributed by atoms with E-state index in [1.54, 1.807) is 24.5 Å². The van der Waals surface area contributed by atoms with Crippen molar-refractivity contribution in [2.75, 3.05) is 26.3 Å². The smallest absolute Gasteiger partial charge is 0.259 e. The van der Waals surface area contributed by atoms with Crippen LogP contribution in [0.4, 0.5) is 0 Å². The van der Waals surface area contributed by atoms with E-state index in [9.17, 15) is 4.79 Å². The van der Waals surface area contributed by atoms with Crippen LogP contribution in [0.15, 0.2) is 73.3 Å². The first-order valence-electron chi connectivity index (χ1n) is 11.4. The van der Waals surface area contributed by atoms with Crippen LogP contribution < -0.4 is 4.74 Å². The average molecular weight is 455 g/mol. The summed E-state index contributed by atoms with van der Waals surface area (Å²) in [6, 6.07) is 15.5. The Bertz CT molecular complexity index is 1290. The van der Waals surface area contributed by atoms with Crippen molar-refractivity contribution in [1.29, 1.82) is 0 Å². The van der Waals surface area contributed by atoms with Crippen LogP contribution in [-0.4, -0.2) is 52.1 Å². The van der Waals surface area contributed by atoms with Gasteiger partial charge in [0, 0.05) is 48.7 Å². The van der Waals surface area contributed by atoms with Gasteiger partial charge in [0.05, 0.1) is 19.4 Å². The molecule has 1 fully saturated rings. The summed E-state index contributed by atoms with van der Waals surface area (Å²) in [6.45, 7) is 4.12. The molecule has 172 valence electrons. The van der Waals surface area contributed by atoms with Gasteiger partial charge in [0.1, 0.15) is 11.3 Å². The molecular weight excluding hydrogens is 428 g/mol. The quantitative estimate of drug-likeness (QED) is 0.443. The monoisotopic (exact) mass is 454 g/mol. The summed E-state index contributed by atoms with van der Waals surface area (Å²) in [6.07, 6.45) is 7.77. The normalized spacial score (nSPS) is 16.3. The van der Waals surface area contributed by atoms with Crippen LogP contribution in [0.1, 0.15) is 21.6 Å². The topological polar surface area (TPSA) is 77.4 Å². The molecule has 0 bridgehead atoms. The highest BCUT2D eigenvalue weighted by Crippen LogP contribution is 2.26. The Balaban J connectivity index is 1.35. The van der Waals surface area contributed by atoms with Crippen molar-refractivity contribution >= 4 is 16.7 Å². The summed E-state index contributed by atoms with van der Waals surface area (Å²) >= 11 is 0. The second-order valence-corrected chi connectivity index (χ2v) is 8.50. The largest absolute Gasteiger partial charge is 0.437 e. The summed E-state index contributed by atoms with van der Waals surface area (Å²) in [5.74, 6) is 0.873. The molecule has 0 aliphatic carbocycles. The summed E-state index contributed by atoms with van der Waals surface area (Å²) in [5.41, 5.74) is 2.53. The van der Waals surface area contributed by atoms with Crippen molar-refractivity contribution in [3.8, 4) is 11.6 Å². The predicted molar refractivity (Wildman–Crippen MR) is 129 cm³/mol. The zero-order valence-electron chi connectivity index (χ0n) is 19.1. The summed E-state index contributed by atoms with van der Waals surface area (Å²) in [5, 5.41) is 2.31. The Morgan fingerprint density at radius 1 is 1.09 bits per heavy atom. The molecule has 1 aromatic carbocycles. The number of benzene rings is 1. The van der Waals surface area contributed by atoms with Crippen molar-refractivity contribution in [3.63, 3.8) is 0 Å². The zero-order chi connectivity index (χ0) is 23.3. The molecular formula is C27H26N4O3. The number of nitrogens with zero attached hydrogens (tertiary/aromatic N) is 4. The molecule has 34 heavy (non-hydrogen) atoms. The Hall–Kier alpha value is -3.84. The minimum absolute atomic E-state index is 0.113. The average Bonchev–Trinajstić information content (AvgIpc) is 3.11. The number of ether oxygens (including phenoxy) is 2. The van der Waals surface area contributed by atoms with Crippen LogP contribution in [0, 0.1) is 12.8 Å². The molecule has 0 saturated carbocycles. The highest BCUT2D eigenvalue weighted by molar-refractivity contribution is 5.96. The number of pyridine rings is 3. The number of aryl methyl sites for hydroxylation is 1. The van der Waals surface area contributed by atoms with Gasteiger partial charge in [-0.25, -0.2) is 4.98 Å². The summed E-state index contributed by atoms with van der Waals surface area (Å²) < 4.78 is 11.8. The van der Waals surface area contributed by atoms with Gasteiger partial charge in [-0.1, -0.05) is 18.2 Å². The molecule has 5 rings (SSSR count). The number of fused-ring (bicyclic) bond motifs is 1. The molecule has 0 spiro atoms. The van der Waals surface area contributed by atoms with Gasteiger partial charge in [-0.05, 0) is 54.6 Å². The molecule has 0 unspecified atom stereocenters. The van der Waals surface area contributed by atoms with Gasteiger partial charge >= 0.3 is 0 Å². The van der Waals surface area contributed by atoms with Crippen molar-refractivity contribution in [2.45, 2.75) is 13.3 Å². The van der Waals surface area contributed by atoms with E-state index in [0.717, 1.165) is 22.9 Å². The lowest BCUT2D eigenvalue weighted by molar-refractivity contribution is 0.0734. The third-order valence-corrected chi connectivity index (χ3v) is 6.01. The standard InChI is InChI=1S/C27H26N4O3/c1-19-7-8-23(15-30-19)34-26-24(6-3-10-29-26)27(32)31-12-13-33-18-20(17-31)14-22-5-2-4-21-9-11-28-16-25(21)22/h2-11,15-16,20H,12-14,17-18H2,1H3/t20-/m0/s1. The number of carbonyl (C=O) groups excluding carboxylic acids is 1. The zero-order valence-corrected chi connectivity index (χ0v) is 19.1. The molecule has 1 amide bonds. The maximum absolute atomic E-state index is 13.6. The second-order valence-electron chi connectivity index (χ2n) is 8.50. The van der Waals surface area contributed by atoms with Crippen LogP contribution in [0.3, 0.4) is 0 Å². The second kappa shape index (κ2) is 9.97. The lowest BCUT2D eigenvalue weighted by Crippen LogP contribution is -2.36. The number of amides is 1. The van der Waals surface area contributed by atoms with E-state index in [4.69, 9.17) is 9.47 Å². The molecule has 1 aliphatic rings. The van der Waals surface area contributed by atoms with Gasteiger partial charge < -0.3 is 14.4 Å². The van der Waals surface area contributed by atoms with Crippen molar-refractivity contribution in [1.82, 2.24) is 19.9 Å². The minimum Gasteiger partial charge on any atom is -0.437 e. The van der Waals surface area contributed by atoms with E-state index in [2.05, 4.69) is 33.2 Å². The van der Waals surface area contributed by atoms with E-state index in [0.29, 0.717) is 37.6 Å². The Morgan fingerprint density at radius 3 is 2.91 bits per heavy atom. The summed E-state index contributed by atoms with van der Waals surface area (Å²) in [4.78, 5) is 28.3. The number of rotatable bonds is 5. The minimum atomic E-state index is -0.113. The SMILES string of the molecule is Cc1ccc(Oc2ncccc2C(=O)N2CCOC[C@@H](Cc3cccc4ccncc34)C2)cn1. The van der Waals surface area contributed by atoms with E-state index in [1.807, 2.05) is 42.4 Å². The number of hydrogen-bond donors (Lipinski definition) is 0. The molecule has 4 heterocycles. The molecule has 1 atom stereocenters. The molecule has 7 nitrogen and oxygen atoms in total. The fraction of sp³-hybridized carbons (Fsp3) is 0.259. The predicted octanol–water partition coefficient (Wildman–Crippen LogP) is 4.46. The van der Waals surface area contributed by atoms with Crippen molar-refractivity contribution in [2.24, 2.45) is 5.92 Å². The lowest BCUT2D eigenvalue weighted by Gasteiger charge is -2.24. The number of carbonyl (C=O) groups is 1. The third-order valence-electron chi connectivity index (χ3n) is 6.01. The van der Waals surface area contributed by atoms with E-state index in [-0.39, 0.29) is 17.7 Å². The first-order valence-corrected chi connectivity index (χ1v) is 11.4. The number of hydrogen-bond acceptors (Lipinski definition) is 6. The van der Waals surface area contributed by atoms with Gasteiger partial charge in [0.2, 0.25) is 5.88 Å². The highest BCUT2D eigenvalue weighted by atomic mass is 16.5. The lowest BCUT2D eigenvalue weighted by atomic mass is 9.95. The Labute approximate surface area is 198 Å². The maximum atomic E-state index is 13.6. The molecule has 3 aromatic heterocycles. The van der Waals surface area contributed by atoms with Gasteiger partial charge in [-0.3, -0.25) is 14.8 Å². The van der Waals surface area contributed by atoms with E-state index < -0.39 is 0 Å². The molecule has 4 aromatic rings. The van der Waals surface area contributed by atoms with Gasteiger partial charge in [0.15, 0.2) is 0 Å². The van der Waals surface area contributed by atoms with E-state index in [1.165, 1.54) is 5.56 Å². The van der Waals surface area contributed by atoms with Crippen molar-refractivity contribution < 1.29 is 14.3 Å². The Morgan fingerprint density at radius 2 is 2.03 bits per heavy atom. The van der Waals surface area contributed by atoms with Crippen molar-refractivity contribution in [3.05, 3.63) is 90.1 Å². The molecule has 1 saturated heterocycles.